The Labute approximate surface area is 156 Å². The average Bonchev–Trinajstić information content (AvgIpc) is 3.16. The maximum atomic E-state index is 12.5. The number of nitrogens with one attached hydrogen (secondary N) is 2. The first kappa shape index (κ1) is 18.5. The van der Waals surface area contributed by atoms with E-state index in [9.17, 15) is 19.2 Å². The number of aromatic amines is 1. The van der Waals surface area contributed by atoms with Crippen molar-refractivity contribution in [1.82, 2.24) is 24.6 Å². The van der Waals surface area contributed by atoms with Crippen molar-refractivity contribution in [2.75, 3.05) is 6.54 Å². The van der Waals surface area contributed by atoms with Gasteiger partial charge in [0.15, 0.2) is 0 Å². The first-order valence-corrected chi connectivity index (χ1v) is 9.09. The molecule has 27 heavy (non-hydrogen) atoms. The van der Waals surface area contributed by atoms with Crippen molar-refractivity contribution in [2.45, 2.75) is 19.5 Å². The molecule has 3 aromatic rings. The number of hydrogen-bond donors (Lipinski definition) is 2. The van der Waals surface area contributed by atoms with Gasteiger partial charge in [-0.3, -0.25) is 19.0 Å². The van der Waals surface area contributed by atoms with Crippen molar-refractivity contribution in [3.8, 4) is 0 Å². The molecular formula is C17H17N5O4S. The van der Waals surface area contributed by atoms with Crippen LogP contribution in [0.2, 0.25) is 0 Å². The van der Waals surface area contributed by atoms with Gasteiger partial charge in [-0.25, -0.2) is 9.48 Å². The van der Waals surface area contributed by atoms with Gasteiger partial charge < -0.3 is 10.3 Å². The SMILES string of the molecule is O=C(NCCCn1ncccc1=O)c1c[nH]c(=O)n(Cc2cccs2)c1=O. The third-order valence-corrected chi connectivity index (χ3v) is 4.68. The standard InChI is InChI=1S/C17H17N5O4S/c23-14-5-1-7-20-22(14)8-3-6-18-15(24)13-10-19-17(26)21(16(13)25)11-12-4-2-9-27-12/h1-2,4-5,7,9-10H,3,6,8,11H2,(H,18,24)(H,19,26). The molecule has 2 N–H and O–H groups in total. The van der Waals surface area contributed by atoms with E-state index in [0.29, 0.717) is 13.0 Å². The number of amides is 1. The second kappa shape index (κ2) is 8.41. The van der Waals surface area contributed by atoms with Gasteiger partial charge >= 0.3 is 5.69 Å². The Morgan fingerprint density at radius 1 is 1.22 bits per heavy atom. The Kier molecular flexibility index (Phi) is 5.77. The minimum Gasteiger partial charge on any atom is -0.352 e. The fourth-order valence-corrected chi connectivity index (χ4v) is 3.15. The molecule has 0 bridgehead atoms. The van der Waals surface area contributed by atoms with Crippen molar-refractivity contribution >= 4 is 17.2 Å². The zero-order valence-corrected chi connectivity index (χ0v) is 15.1. The zero-order valence-electron chi connectivity index (χ0n) is 14.3. The molecule has 0 spiro atoms. The maximum Gasteiger partial charge on any atom is 0.328 e. The van der Waals surface area contributed by atoms with Gasteiger partial charge in [0.25, 0.3) is 17.0 Å². The molecule has 0 radical (unpaired) electrons. The van der Waals surface area contributed by atoms with Gasteiger partial charge in [-0.15, -0.1) is 11.3 Å². The fraction of sp³-hybridized carbons (Fsp3) is 0.235. The molecule has 1 amide bonds. The molecule has 9 nitrogen and oxygen atoms in total. The number of H-pyrrole nitrogens is 1. The summed E-state index contributed by atoms with van der Waals surface area (Å²) < 4.78 is 2.29. The first-order chi connectivity index (χ1) is 13.1. The highest BCUT2D eigenvalue weighted by Crippen LogP contribution is 2.08. The van der Waals surface area contributed by atoms with Gasteiger partial charge in [-0.2, -0.15) is 5.10 Å². The molecule has 0 aliphatic rings. The molecule has 0 unspecified atom stereocenters. The summed E-state index contributed by atoms with van der Waals surface area (Å²) in [5.41, 5.74) is -1.58. The second-order valence-electron chi connectivity index (χ2n) is 5.67. The minimum atomic E-state index is -0.648. The predicted molar refractivity (Wildman–Crippen MR) is 100 cm³/mol. The lowest BCUT2D eigenvalue weighted by molar-refractivity contribution is 0.0950. The number of carbonyl (C=O) groups excluding carboxylic acids is 1. The van der Waals surface area contributed by atoms with E-state index in [1.54, 1.807) is 6.07 Å². The Morgan fingerprint density at radius 2 is 2.07 bits per heavy atom. The predicted octanol–water partition coefficient (Wildman–Crippen LogP) is 0.0232. The van der Waals surface area contributed by atoms with Crippen LogP contribution >= 0.6 is 11.3 Å². The molecule has 0 atom stereocenters. The maximum absolute atomic E-state index is 12.5. The highest BCUT2D eigenvalue weighted by molar-refractivity contribution is 7.09. The Hall–Kier alpha value is -3.27. The van der Waals surface area contributed by atoms with Crippen LogP contribution in [0.1, 0.15) is 21.7 Å². The lowest BCUT2D eigenvalue weighted by Gasteiger charge is -2.08. The van der Waals surface area contributed by atoms with E-state index in [1.807, 2.05) is 17.5 Å². The quantitative estimate of drug-likeness (QED) is 0.554. The summed E-state index contributed by atoms with van der Waals surface area (Å²) in [7, 11) is 0. The van der Waals surface area contributed by atoms with E-state index in [4.69, 9.17) is 0 Å². The van der Waals surface area contributed by atoms with Gasteiger partial charge in [-0.1, -0.05) is 6.07 Å². The van der Waals surface area contributed by atoms with Gasteiger partial charge in [0.05, 0.1) is 6.54 Å². The van der Waals surface area contributed by atoms with Crippen LogP contribution < -0.4 is 22.1 Å². The van der Waals surface area contributed by atoms with E-state index in [2.05, 4.69) is 15.4 Å². The van der Waals surface area contributed by atoms with Gasteiger partial charge in [0, 0.05) is 36.4 Å². The molecule has 0 fully saturated rings. The van der Waals surface area contributed by atoms with Crippen molar-refractivity contribution < 1.29 is 4.79 Å². The summed E-state index contributed by atoms with van der Waals surface area (Å²) in [4.78, 5) is 51.5. The van der Waals surface area contributed by atoms with E-state index >= 15 is 0 Å². The van der Waals surface area contributed by atoms with Gasteiger partial charge in [0.2, 0.25) is 0 Å². The third kappa shape index (κ3) is 4.47. The van der Waals surface area contributed by atoms with Crippen LogP contribution in [0.4, 0.5) is 0 Å². The van der Waals surface area contributed by atoms with Gasteiger partial charge in [-0.05, 0) is 23.9 Å². The van der Waals surface area contributed by atoms with E-state index in [0.717, 1.165) is 15.6 Å². The molecular weight excluding hydrogens is 370 g/mol. The summed E-state index contributed by atoms with van der Waals surface area (Å²) in [5, 5.41) is 8.39. The van der Waals surface area contributed by atoms with Crippen LogP contribution in [0.25, 0.3) is 0 Å². The first-order valence-electron chi connectivity index (χ1n) is 8.21. The lowest BCUT2D eigenvalue weighted by atomic mass is 10.3. The molecule has 0 aliphatic heterocycles. The molecule has 0 aliphatic carbocycles. The fourth-order valence-electron chi connectivity index (χ4n) is 2.46. The molecule has 140 valence electrons. The number of aryl methyl sites for hydroxylation is 1. The summed E-state index contributed by atoms with van der Waals surface area (Å²) in [6, 6.07) is 6.59. The summed E-state index contributed by atoms with van der Waals surface area (Å²) in [6.45, 7) is 0.703. The largest absolute Gasteiger partial charge is 0.352 e. The highest BCUT2D eigenvalue weighted by Gasteiger charge is 2.14. The average molecular weight is 387 g/mol. The van der Waals surface area contributed by atoms with Crippen LogP contribution in [0.3, 0.4) is 0 Å². The number of nitrogens with zero attached hydrogens (tertiary/aromatic N) is 3. The van der Waals surface area contributed by atoms with Crippen molar-refractivity contribution in [2.24, 2.45) is 0 Å². The number of thiophene rings is 1. The topological polar surface area (TPSA) is 119 Å². The summed E-state index contributed by atoms with van der Waals surface area (Å²) >= 11 is 1.42. The van der Waals surface area contributed by atoms with Gasteiger partial charge in [0.1, 0.15) is 5.56 Å². The van der Waals surface area contributed by atoms with E-state index in [-0.39, 0.29) is 24.2 Å². The van der Waals surface area contributed by atoms with E-state index < -0.39 is 17.2 Å². The van der Waals surface area contributed by atoms with E-state index in [1.165, 1.54) is 28.3 Å². The molecule has 10 heteroatoms. The Balaban J connectivity index is 1.64. The summed E-state index contributed by atoms with van der Waals surface area (Å²) in [5.74, 6) is -0.579. The molecule has 3 rings (SSSR count). The van der Waals surface area contributed by atoms with Crippen molar-refractivity contribution in [3.63, 3.8) is 0 Å². The molecule has 3 heterocycles. The van der Waals surface area contributed by atoms with Crippen LogP contribution in [-0.4, -0.2) is 31.8 Å². The number of carbonyl (C=O) groups is 1. The normalized spacial score (nSPS) is 10.7. The van der Waals surface area contributed by atoms with Crippen LogP contribution in [0.15, 0.2) is 56.4 Å². The zero-order chi connectivity index (χ0) is 19.2. The minimum absolute atomic E-state index is 0.107. The third-order valence-electron chi connectivity index (χ3n) is 3.82. The smallest absolute Gasteiger partial charge is 0.328 e. The van der Waals surface area contributed by atoms with Crippen LogP contribution in [0, 0.1) is 0 Å². The Morgan fingerprint density at radius 3 is 2.81 bits per heavy atom. The van der Waals surface area contributed by atoms with Crippen molar-refractivity contribution in [3.05, 3.63) is 83.7 Å². The Bertz CT molecular complexity index is 1100. The van der Waals surface area contributed by atoms with Crippen molar-refractivity contribution in [1.29, 1.82) is 0 Å². The molecule has 0 saturated carbocycles. The second-order valence-corrected chi connectivity index (χ2v) is 6.70. The monoisotopic (exact) mass is 387 g/mol. The summed E-state index contributed by atoms with van der Waals surface area (Å²) in [6.07, 6.45) is 3.10. The molecule has 3 aromatic heterocycles. The molecule has 0 aromatic carbocycles. The number of rotatable bonds is 7. The highest BCUT2D eigenvalue weighted by atomic mass is 32.1. The molecule has 0 saturated heterocycles. The van der Waals surface area contributed by atoms with Crippen LogP contribution in [0.5, 0.6) is 0 Å². The van der Waals surface area contributed by atoms with Crippen LogP contribution in [-0.2, 0) is 13.1 Å². The number of hydrogen-bond acceptors (Lipinski definition) is 6. The lowest BCUT2D eigenvalue weighted by Crippen LogP contribution is -2.41. The number of aromatic nitrogens is 4.